The van der Waals surface area contributed by atoms with E-state index in [1.807, 2.05) is 6.07 Å². The molecule has 182 valence electrons. The number of amides is 2. The van der Waals surface area contributed by atoms with E-state index in [9.17, 15) is 22.8 Å². The Kier molecular flexibility index (Phi) is 6.86. The third kappa shape index (κ3) is 4.76. The van der Waals surface area contributed by atoms with E-state index in [1.54, 1.807) is 24.3 Å². The maximum absolute atomic E-state index is 13.3. The van der Waals surface area contributed by atoms with Crippen molar-refractivity contribution in [3.63, 3.8) is 0 Å². The number of sulfonamides is 1. The van der Waals surface area contributed by atoms with E-state index in [1.165, 1.54) is 29.2 Å². The van der Waals surface area contributed by atoms with Crippen LogP contribution in [0.4, 0.5) is 11.4 Å². The second-order valence-corrected chi connectivity index (χ2v) is 10.1. The number of hydrogen-bond donors (Lipinski definition) is 2. The number of carbonyl (C=O) groups excluding carboxylic acids is 3. The first kappa shape index (κ1) is 24.4. The second-order valence-electron chi connectivity index (χ2n) is 8.35. The molecule has 0 aromatic heterocycles. The van der Waals surface area contributed by atoms with E-state index >= 15 is 0 Å². The number of para-hydroxylation sites is 2. The third-order valence-electron chi connectivity index (χ3n) is 6.18. The van der Waals surface area contributed by atoms with Crippen LogP contribution in [0, 0.1) is 11.3 Å². The molecule has 2 amide bonds. The van der Waals surface area contributed by atoms with Gasteiger partial charge in [-0.05, 0) is 49.2 Å². The van der Waals surface area contributed by atoms with Crippen molar-refractivity contribution in [2.45, 2.75) is 42.5 Å². The number of carbonyl (C=O) groups is 3. The van der Waals surface area contributed by atoms with E-state index in [4.69, 9.17) is 10.00 Å². The fraction of sp³-hybridized carbons (Fsp3) is 0.333. The summed E-state index contributed by atoms with van der Waals surface area (Å²) in [7, 11) is -3.81. The Hall–Kier alpha value is -3.75. The SMILES string of the molecule is N#CCCNS(=O)(=O)c1ccc(C(=O)OCC(=O)N2c3ccccc3NC(=O)C23CCCC3)cc1. The largest absolute Gasteiger partial charge is 0.452 e. The van der Waals surface area contributed by atoms with Crippen LogP contribution in [0.1, 0.15) is 42.5 Å². The number of nitriles is 1. The van der Waals surface area contributed by atoms with Crippen molar-refractivity contribution in [2.75, 3.05) is 23.4 Å². The summed E-state index contributed by atoms with van der Waals surface area (Å²) < 4.78 is 31.9. The Labute approximate surface area is 202 Å². The van der Waals surface area contributed by atoms with Crippen LogP contribution < -0.4 is 14.9 Å². The molecule has 0 bridgehead atoms. The zero-order valence-electron chi connectivity index (χ0n) is 18.8. The number of ether oxygens (including phenoxy) is 1. The lowest BCUT2D eigenvalue weighted by atomic mass is 9.90. The molecule has 2 aromatic rings. The van der Waals surface area contributed by atoms with E-state index in [0.29, 0.717) is 24.2 Å². The number of anilines is 2. The quantitative estimate of drug-likeness (QED) is 0.442. The molecule has 1 fully saturated rings. The molecule has 1 aliphatic carbocycles. The average Bonchev–Trinajstić information content (AvgIpc) is 3.34. The van der Waals surface area contributed by atoms with Crippen molar-refractivity contribution >= 4 is 39.2 Å². The number of rotatable bonds is 7. The van der Waals surface area contributed by atoms with Gasteiger partial charge in [0.25, 0.3) is 11.8 Å². The Morgan fingerprint density at radius 1 is 1.11 bits per heavy atom. The molecule has 1 saturated carbocycles. The summed E-state index contributed by atoms with van der Waals surface area (Å²) in [6.45, 7) is -0.595. The van der Waals surface area contributed by atoms with Gasteiger partial charge in [0, 0.05) is 13.0 Å². The molecule has 1 heterocycles. The van der Waals surface area contributed by atoms with Gasteiger partial charge in [-0.15, -0.1) is 0 Å². The van der Waals surface area contributed by atoms with Crippen molar-refractivity contribution in [1.82, 2.24) is 4.72 Å². The number of esters is 1. The van der Waals surface area contributed by atoms with E-state index in [2.05, 4.69) is 10.0 Å². The third-order valence-corrected chi connectivity index (χ3v) is 7.66. The highest BCUT2D eigenvalue weighted by Crippen LogP contribution is 2.45. The molecule has 0 atom stereocenters. The highest BCUT2D eigenvalue weighted by molar-refractivity contribution is 7.89. The minimum Gasteiger partial charge on any atom is -0.452 e. The van der Waals surface area contributed by atoms with Crippen molar-refractivity contribution in [1.29, 1.82) is 5.26 Å². The van der Waals surface area contributed by atoms with Crippen molar-refractivity contribution < 1.29 is 27.5 Å². The van der Waals surface area contributed by atoms with Crippen LogP contribution in [-0.2, 0) is 24.3 Å². The van der Waals surface area contributed by atoms with Gasteiger partial charge >= 0.3 is 5.97 Å². The summed E-state index contributed by atoms with van der Waals surface area (Å²) in [5, 5.41) is 11.4. The summed E-state index contributed by atoms with van der Waals surface area (Å²) in [5.74, 6) is -1.55. The fourth-order valence-corrected chi connectivity index (χ4v) is 5.53. The first-order chi connectivity index (χ1) is 16.8. The minimum atomic E-state index is -3.81. The molecule has 1 spiro atoms. The van der Waals surface area contributed by atoms with Gasteiger partial charge in [-0.1, -0.05) is 25.0 Å². The van der Waals surface area contributed by atoms with Crippen LogP contribution in [0.3, 0.4) is 0 Å². The smallest absolute Gasteiger partial charge is 0.338 e. The van der Waals surface area contributed by atoms with Gasteiger partial charge in [-0.25, -0.2) is 17.9 Å². The summed E-state index contributed by atoms with van der Waals surface area (Å²) in [5.41, 5.74) is 0.149. The number of nitrogens with zero attached hydrogens (tertiary/aromatic N) is 2. The van der Waals surface area contributed by atoms with Crippen LogP contribution >= 0.6 is 0 Å². The van der Waals surface area contributed by atoms with Crippen LogP contribution in [0.25, 0.3) is 0 Å². The maximum Gasteiger partial charge on any atom is 0.338 e. The lowest BCUT2D eigenvalue weighted by Crippen LogP contribution is -2.61. The Morgan fingerprint density at radius 2 is 1.80 bits per heavy atom. The maximum atomic E-state index is 13.3. The van der Waals surface area contributed by atoms with Crippen LogP contribution in [0.5, 0.6) is 0 Å². The molecule has 0 unspecified atom stereocenters. The van der Waals surface area contributed by atoms with Crippen molar-refractivity contribution in [2.24, 2.45) is 0 Å². The minimum absolute atomic E-state index is 0.0239. The zero-order valence-corrected chi connectivity index (χ0v) is 19.6. The van der Waals surface area contributed by atoms with Gasteiger partial charge in [0.15, 0.2) is 6.61 Å². The van der Waals surface area contributed by atoms with Crippen molar-refractivity contribution in [3.8, 4) is 6.07 Å². The number of hydrogen-bond acceptors (Lipinski definition) is 7. The zero-order chi connectivity index (χ0) is 25.1. The average molecular weight is 497 g/mol. The lowest BCUT2D eigenvalue weighted by molar-refractivity contribution is -0.129. The Bertz CT molecular complexity index is 1290. The van der Waals surface area contributed by atoms with Crippen LogP contribution in [-0.4, -0.2) is 44.9 Å². The van der Waals surface area contributed by atoms with Crippen LogP contribution in [0.15, 0.2) is 53.4 Å². The van der Waals surface area contributed by atoms with Crippen molar-refractivity contribution in [3.05, 3.63) is 54.1 Å². The number of benzene rings is 2. The molecule has 0 radical (unpaired) electrons. The monoisotopic (exact) mass is 496 g/mol. The van der Waals surface area contributed by atoms with E-state index in [0.717, 1.165) is 12.8 Å². The van der Waals surface area contributed by atoms with Gasteiger partial charge in [-0.3, -0.25) is 14.5 Å². The summed E-state index contributed by atoms with van der Waals surface area (Å²) >= 11 is 0. The first-order valence-corrected chi connectivity index (χ1v) is 12.6. The molecule has 2 aromatic carbocycles. The predicted molar refractivity (Wildman–Crippen MR) is 126 cm³/mol. The predicted octanol–water partition coefficient (Wildman–Crippen LogP) is 2.33. The normalized spacial score (nSPS) is 16.3. The summed E-state index contributed by atoms with van der Waals surface area (Å²) in [4.78, 5) is 40.2. The fourth-order valence-electron chi connectivity index (χ4n) is 4.50. The summed E-state index contributed by atoms with van der Waals surface area (Å²) in [6.07, 6.45) is 2.68. The van der Waals surface area contributed by atoms with Crippen LogP contribution in [0.2, 0.25) is 0 Å². The molecular formula is C24H24N4O6S. The highest BCUT2D eigenvalue weighted by atomic mass is 32.2. The molecule has 2 N–H and O–H groups in total. The van der Waals surface area contributed by atoms with Gasteiger partial charge in [-0.2, -0.15) is 5.26 Å². The topological polar surface area (TPSA) is 146 Å². The second kappa shape index (κ2) is 9.85. The molecule has 10 nitrogen and oxygen atoms in total. The molecule has 1 aliphatic heterocycles. The molecule has 35 heavy (non-hydrogen) atoms. The highest BCUT2D eigenvalue weighted by Gasteiger charge is 2.52. The molecule has 4 rings (SSSR count). The van der Waals surface area contributed by atoms with Gasteiger partial charge in [0.2, 0.25) is 10.0 Å². The molecular weight excluding hydrogens is 472 g/mol. The standard InChI is InChI=1S/C24H24N4O6S/c25-14-5-15-26-35(32,33)18-10-8-17(9-11-18)22(30)34-16-21(29)28-20-7-2-1-6-19(20)27-23(31)24(28)12-3-4-13-24/h1-2,6-11,26H,3-5,12-13,15-16H2,(H,27,31). The number of nitrogens with one attached hydrogen (secondary N) is 2. The summed E-state index contributed by atoms with van der Waals surface area (Å²) in [6, 6.07) is 13.9. The molecule has 0 saturated heterocycles. The number of fused-ring (bicyclic) bond motifs is 1. The Morgan fingerprint density at radius 3 is 2.49 bits per heavy atom. The first-order valence-electron chi connectivity index (χ1n) is 11.2. The molecule has 2 aliphatic rings. The van der Waals surface area contributed by atoms with Gasteiger partial charge in [0.1, 0.15) is 5.54 Å². The van der Waals surface area contributed by atoms with Gasteiger partial charge in [0.05, 0.1) is 27.9 Å². The van der Waals surface area contributed by atoms with E-state index < -0.39 is 34.0 Å². The lowest BCUT2D eigenvalue weighted by Gasteiger charge is -2.44. The van der Waals surface area contributed by atoms with Gasteiger partial charge < -0.3 is 10.1 Å². The Balaban J connectivity index is 1.47. The van der Waals surface area contributed by atoms with E-state index in [-0.39, 0.29) is 29.3 Å². The molecule has 11 heteroatoms.